The van der Waals surface area contributed by atoms with E-state index in [0.29, 0.717) is 16.8 Å². The van der Waals surface area contributed by atoms with E-state index < -0.39 is 43.3 Å². The number of nitrogens with one attached hydrogen (secondary N) is 2. The Morgan fingerprint density at radius 1 is 1.36 bits per heavy atom. The Labute approximate surface area is 206 Å². The fourth-order valence-corrected chi connectivity index (χ4v) is 3.84. The van der Waals surface area contributed by atoms with Gasteiger partial charge in [-0.3, -0.25) is 19.4 Å². The van der Waals surface area contributed by atoms with Crippen molar-refractivity contribution in [1.82, 2.24) is 20.2 Å². The van der Waals surface area contributed by atoms with E-state index in [1.807, 2.05) is 13.0 Å². The van der Waals surface area contributed by atoms with Crippen LogP contribution >= 0.6 is 0 Å². The van der Waals surface area contributed by atoms with E-state index in [-0.39, 0.29) is 11.1 Å². The number of rotatable bonds is 7. The third-order valence-electron chi connectivity index (χ3n) is 5.74. The van der Waals surface area contributed by atoms with E-state index in [1.54, 1.807) is 37.4 Å². The third kappa shape index (κ3) is 6.18. The molecule has 186 valence electrons. The minimum atomic E-state index is -3.14. The number of hydrogen-bond acceptors (Lipinski definition) is 5. The summed E-state index contributed by atoms with van der Waals surface area (Å²) in [5.41, 5.74) is 3.32. The maximum absolute atomic E-state index is 13.7. The third-order valence-corrected chi connectivity index (χ3v) is 5.74. The van der Waals surface area contributed by atoms with E-state index in [1.165, 1.54) is 18.3 Å². The van der Waals surface area contributed by atoms with Gasteiger partial charge in [-0.15, -0.1) is 0 Å². The van der Waals surface area contributed by atoms with Crippen LogP contribution in [-0.4, -0.2) is 51.7 Å². The van der Waals surface area contributed by atoms with Crippen LogP contribution in [0.1, 0.15) is 40.5 Å². The number of hydrogen-bond donors (Lipinski definition) is 2. The zero-order valence-corrected chi connectivity index (χ0v) is 19.8. The number of likely N-dealkylation sites (tertiary alicyclic amines) is 1. The smallest absolute Gasteiger partial charge is 0.268 e. The zero-order chi connectivity index (χ0) is 26.5. The van der Waals surface area contributed by atoms with E-state index in [4.69, 9.17) is 5.26 Å². The van der Waals surface area contributed by atoms with E-state index >= 15 is 0 Å². The van der Waals surface area contributed by atoms with Crippen LogP contribution in [0.25, 0.3) is 12.2 Å². The largest absolute Gasteiger partial charge is 0.343 e. The second kappa shape index (κ2) is 10.9. The summed E-state index contributed by atoms with van der Waals surface area (Å²) in [5, 5.41) is 11.6. The lowest BCUT2D eigenvalue weighted by molar-refractivity contribution is -0.131. The van der Waals surface area contributed by atoms with Crippen LogP contribution in [0.5, 0.6) is 0 Å². The number of amides is 2. The molecule has 10 heteroatoms. The minimum Gasteiger partial charge on any atom is -0.343 e. The summed E-state index contributed by atoms with van der Waals surface area (Å²) in [7, 11) is 0. The quantitative estimate of drug-likeness (QED) is 0.574. The first-order chi connectivity index (χ1) is 17.0. The molecule has 2 aromatic heterocycles. The van der Waals surface area contributed by atoms with Crippen molar-refractivity contribution < 1.29 is 18.4 Å². The summed E-state index contributed by atoms with van der Waals surface area (Å²) in [5.74, 6) is -4.49. The van der Waals surface area contributed by atoms with Crippen molar-refractivity contribution in [3.05, 3.63) is 87.1 Å². The predicted molar refractivity (Wildman–Crippen MR) is 131 cm³/mol. The van der Waals surface area contributed by atoms with Gasteiger partial charge in [0, 0.05) is 41.7 Å². The lowest BCUT2D eigenvalue weighted by atomic mass is 9.98. The summed E-state index contributed by atoms with van der Waals surface area (Å²) in [6, 6.07) is 5.04. The molecule has 1 aliphatic heterocycles. The highest BCUT2D eigenvalue weighted by atomic mass is 19.3. The van der Waals surface area contributed by atoms with E-state index in [0.717, 1.165) is 16.0 Å². The fourth-order valence-electron chi connectivity index (χ4n) is 3.84. The van der Waals surface area contributed by atoms with Gasteiger partial charge in [-0.2, -0.15) is 5.26 Å². The van der Waals surface area contributed by atoms with Gasteiger partial charge in [0.25, 0.3) is 11.8 Å². The number of aryl methyl sites for hydroxylation is 1. The van der Waals surface area contributed by atoms with Crippen molar-refractivity contribution >= 4 is 24.0 Å². The van der Waals surface area contributed by atoms with Crippen molar-refractivity contribution in [2.24, 2.45) is 0 Å². The summed E-state index contributed by atoms with van der Waals surface area (Å²) >= 11 is 0. The van der Waals surface area contributed by atoms with Gasteiger partial charge in [-0.05, 0) is 54.8 Å². The Kier molecular flexibility index (Phi) is 7.94. The van der Waals surface area contributed by atoms with Crippen LogP contribution in [0.2, 0.25) is 0 Å². The number of H-pyrrole nitrogens is 1. The van der Waals surface area contributed by atoms with Gasteiger partial charge < -0.3 is 15.2 Å². The number of alkyl halides is 2. The Balaban J connectivity index is 1.82. The molecule has 0 unspecified atom stereocenters. The Morgan fingerprint density at radius 2 is 2.11 bits per heavy atom. The highest BCUT2D eigenvalue weighted by molar-refractivity contribution is 6.00. The number of carbonyl (C=O) groups excluding carboxylic acids is 2. The predicted octanol–water partition coefficient (Wildman–Crippen LogP) is 3.24. The molecule has 8 nitrogen and oxygen atoms in total. The second-order valence-electron chi connectivity index (χ2n) is 8.38. The number of nitrogens with zero attached hydrogens (tertiary/aromatic N) is 3. The van der Waals surface area contributed by atoms with Gasteiger partial charge >= 0.3 is 0 Å². The molecule has 2 aromatic rings. The first-order valence-corrected chi connectivity index (χ1v) is 11.1. The number of carbonyl (C=O) groups is 2. The molecule has 1 atom stereocenters. The maximum Gasteiger partial charge on any atom is 0.268 e. The number of aromatic nitrogens is 2. The average molecular weight is 494 g/mol. The van der Waals surface area contributed by atoms with Gasteiger partial charge in [0.1, 0.15) is 6.04 Å². The van der Waals surface area contributed by atoms with Gasteiger partial charge in [0.2, 0.25) is 11.5 Å². The molecule has 3 rings (SSSR count). The Morgan fingerprint density at radius 3 is 2.75 bits per heavy atom. The molecular formula is C26H25F2N5O3. The van der Waals surface area contributed by atoms with Crippen molar-refractivity contribution in [3.63, 3.8) is 0 Å². The molecule has 1 aliphatic rings. The number of aromatic amines is 1. The van der Waals surface area contributed by atoms with Crippen LogP contribution in [0.15, 0.2) is 59.2 Å². The summed E-state index contributed by atoms with van der Waals surface area (Å²) in [6.07, 6.45) is 7.49. The Hall–Kier alpha value is -4.39. The van der Waals surface area contributed by atoms with E-state index in [9.17, 15) is 23.2 Å². The molecule has 1 fully saturated rings. The van der Waals surface area contributed by atoms with Crippen LogP contribution < -0.4 is 10.9 Å². The van der Waals surface area contributed by atoms with Crippen molar-refractivity contribution in [2.45, 2.75) is 32.2 Å². The molecule has 0 radical (unpaired) electrons. The molecule has 0 aliphatic carbocycles. The molecule has 0 spiro atoms. The van der Waals surface area contributed by atoms with Gasteiger partial charge in [0.05, 0.1) is 19.2 Å². The van der Waals surface area contributed by atoms with Crippen LogP contribution in [0.3, 0.4) is 0 Å². The standard InChI is InChI=1S/C26H25F2N5O3/c1-4-19(16(2)9-18-5-6-23(34)31-13-18)10-22-17(3)30-8-7-21(22)25(36)32-14-24(35)33-15-26(27,28)11-20(33)12-29/h4-10,13,20H,1,11,14-15H2,2-3H3,(H,31,34)(H,32,36)/b16-9+,19-10+/t20-/m0/s1. The number of allylic oxidation sites excluding steroid dienone is 3. The molecule has 36 heavy (non-hydrogen) atoms. The molecule has 1 saturated heterocycles. The van der Waals surface area contributed by atoms with Crippen LogP contribution in [0.4, 0.5) is 8.78 Å². The van der Waals surface area contributed by atoms with Gasteiger partial charge in [-0.25, -0.2) is 8.78 Å². The molecule has 2 amide bonds. The molecule has 3 heterocycles. The summed E-state index contributed by atoms with van der Waals surface area (Å²) < 4.78 is 27.3. The van der Waals surface area contributed by atoms with Gasteiger partial charge in [-0.1, -0.05) is 12.7 Å². The van der Waals surface area contributed by atoms with Crippen LogP contribution in [-0.2, 0) is 4.79 Å². The summed E-state index contributed by atoms with van der Waals surface area (Å²) in [6.45, 7) is 6.03. The lowest BCUT2D eigenvalue weighted by Gasteiger charge is -2.19. The number of pyridine rings is 2. The Bertz CT molecular complexity index is 1330. The van der Waals surface area contributed by atoms with Crippen molar-refractivity contribution in [1.29, 1.82) is 5.26 Å². The first kappa shape index (κ1) is 26.2. The van der Waals surface area contributed by atoms with E-state index in [2.05, 4.69) is 21.9 Å². The second-order valence-corrected chi connectivity index (χ2v) is 8.38. The number of halogens is 2. The lowest BCUT2D eigenvalue weighted by Crippen LogP contribution is -2.43. The molecule has 0 bridgehead atoms. The zero-order valence-electron chi connectivity index (χ0n) is 19.8. The molecule has 2 N–H and O–H groups in total. The molecule has 0 saturated carbocycles. The minimum absolute atomic E-state index is 0.217. The van der Waals surface area contributed by atoms with Crippen molar-refractivity contribution in [2.75, 3.05) is 13.1 Å². The van der Waals surface area contributed by atoms with Crippen LogP contribution in [0, 0.1) is 18.3 Å². The monoisotopic (exact) mass is 493 g/mol. The number of nitriles is 1. The highest BCUT2D eigenvalue weighted by Gasteiger charge is 2.47. The highest BCUT2D eigenvalue weighted by Crippen LogP contribution is 2.31. The summed E-state index contributed by atoms with van der Waals surface area (Å²) in [4.78, 5) is 44.3. The maximum atomic E-state index is 13.7. The average Bonchev–Trinajstić information content (AvgIpc) is 3.17. The normalized spacial score (nSPS) is 17.4. The topological polar surface area (TPSA) is 119 Å². The fraction of sp³-hybridized carbons (Fsp3) is 0.269. The molecule has 0 aromatic carbocycles. The first-order valence-electron chi connectivity index (χ1n) is 11.1. The SMILES string of the molecule is C=CC(=C\c1c(C(=O)NCC(=O)N2CC(F)(F)C[C@H]2C#N)ccnc1C)/C(C)=C/c1ccc(=O)[nH]c1. The van der Waals surface area contributed by atoms with Gasteiger partial charge in [0.15, 0.2) is 0 Å². The van der Waals surface area contributed by atoms with Crippen molar-refractivity contribution in [3.8, 4) is 6.07 Å². The molecular weight excluding hydrogens is 468 g/mol.